The zero-order chi connectivity index (χ0) is 15.6. The minimum atomic E-state index is -1.15. The molecule has 0 unspecified atom stereocenters. The maximum Gasteiger partial charge on any atom is 0.337 e. The Morgan fingerprint density at radius 1 is 1.19 bits per heavy atom. The minimum Gasteiger partial charge on any atom is -0.478 e. The van der Waals surface area contributed by atoms with Crippen LogP contribution in [0.25, 0.3) is 0 Å². The Kier molecular flexibility index (Phi) is 4.23. The van der Waals surface area contributed by atoms with E-state index in [1.165, 1.54) is 30.3 Å². The van der Waals surface area contributed by atoms with E-state index in [0.29, 0.717) is 11.3 Å². The number of halogens is 2. The molecule has 0 heterocycles. The summed E-state index contributed by atoms with van der Waals surface area (Å²) < 4.78 is 13.4. The molecule has 0 fully saturated rings. The SMILES string of the molecule is Cc1ccc(C(=O)Nc2ccc(C(=O)O)c(Cl)c2)cc1F. The highest BCUT2D eigenvalue weighted by Gasteiger charge is 2.12. The van der Waals surface area contributed by atoms with Gasteiger partial charge in [-0.3, -0.25) is 4.79 Å². The van der Waals surface area contributed by atoms with E-state index in [0.717, 1.165) is 6.07 Å². The molecule has 0 aliphatic heterocycles. The summed E-state index contributed by atoms with van der Waals surface area (Å²) in [5, 5.41) is 11.4. The number of nitrogens with one attached hydrogen (secondary N) is 1. The quantitative estimate of drug-likeness (QED) is 0.907. The highest BCUT2D eigenvalue weighted by atomic mass is 35.5. The van der Waals surface area contributed by atoms with Crippen LogP contribution in [0.3, 0.4) is 0 Å². The van der Waals surface area contributed by atoms with Gasteiger partial charge in [-0.1, -0.05) is 17.7 Å². The average Bonchev–Trinajstić information content (AvgIpc) is 2.41. The highest BCUT2D eigenvalue weighted by Crippen LogP contribution is 2.21. The first-order valence-electron chi connectivity index (χ1n) is 5.99. The van der Waals surface area contributed by atoms with Crippen LogP contribution in [0, 0.1) is 12.7 Å². The number of amides is 1. The van der Waals surface area contributed by atoms with Crippen molar-refractivity contribution in [1.29, 1.82) is 0 Å². The molecule has 0 aromatic heterocycles. The predicted molar refractivity (Wildman–Crippen MR) is 77.5 cm³/mol. The molecule has 0 saturated heterocycles. The Bertz CT molecular complexity index is 731. The van der Waals surface area contributed by atoms with Gasteiger partial charge in [-0.15, -0.1) is 0 Å². The maximum atomic E-state index is 13.4. The van der Waals surface area contributed by atoms with Gasteiger partial charge in [-0.05, 0) is 42.8 Å². The number of hydrogen-bond acceptors (Lipinski definition) is 2. The van der Waals surface area contributed by atoms with E-state index in [1.54, 1.807) is 6.92 Å². The fraction of sp³-hybridized carbons (Fsp3) is 0.0667. The van der Waals surface area contributed by atoms with Crippen molar-refractivity contribution in [2.75, 3.05) is 5.32 Å². The van der Waals surface area contributed by atoms with Crippen LogP contribution in [-0.2, 0) is 0 Å². The van der Waals surface area contributed by atoms with Gasteiger partial charge in [-0.25, -0.2) is 9.18 Å². The van der Waals surface area contributed by atoms with Crippen LogP contribution in [0.5, 0.6) is 0 Å². The van der Waals surface area contributed by atoms with Gasteiger partial charge >= 0.3 is 5.97 Å². The molecular formula is C15H11ClFNO3. The summed E-state index contributed by atoms with van der Waals surface area (Å²) in [5.41, 5.74) is 0.879. The molecule has 0 saturated carbocycles. The number of carboxylic acid groups (broad SMARTS) is 1. The van der Waals surface area contributed by atoms with Crippen LogP contribution in [0.2, 0.25) is 5.02 Å². The van der Waals surface area contributed by atoms with Crippen LogP contribution in [0.15, 0.2) is 36.4 Å². The second-order valence-corrected chi connectivity index (χ2v) is 4.83. The molecule has 2 aromatic carbocycles. The van der Waals surface area contributed by atoms with Gasteiger partial charge in [0, 0.05) is 11.3 Å². The second kappa shape index (κ2) is 5.93. The zero-order valence-corrected chi connectivity index (χ0v) is 11.7. The van der Waals surface area contributed by atoms with Crippen LogP contribution in [0.4, 0.5) is 10.1 Å². The van der Waals surface area contributed by atoms with E-state index in [9.17, 15) is 14.0 Å². The van der Waals surface area contributed by atoms with Crippen molar-refractivity contribution in [3.63, 3.8) is 0 Å². The number of benzene rings is 2. The Labute approximate surface area is 125 Å². The lowest BCUT2D eigenvalue weighted by atomic mass is 10.1. The lowest BCUT2D eigenvalue weighted by molar-refractivity contribution is 0.0697. The topological polar surface area (TPSA) is 66.4 Å². The first-order chi connectivity index (χ1) is 9.88. The molecule has 4 nitrogen and oxygen atoms in total. The number of carbonyl (C=O) groups is 2. The fourth-order valence-electron chi connectivity index (χ4n) is 1.70. The average molecular weight is 308 g/mol. The third-order valence-electron chi connectivity index (χ3n) is 2.89. The molecule has 0 bridgehead atoms. The number of hydrogen-bond donors (Lipinski definition) is 2. The van der Waals surface area contributed by atoms with Crippen LogP contribution in [0.1, 0.15) is 26.3 Å². The molecule has 0 atom stereocenters. The van der Waals surface area contributed by atoms with E-state index in [2.05, 4.69) is 5.32 Å². The summed E-state index contributed by atoms with van der Waals surface area (Å²) in [6.07, 6.45) is 0. The largest absolute Gasteiger partial charge is 0.478 e. The van der Waals surface area contributed by atoms with E-state index in [1.807, 2.05) is 0 Å². The number of carboxylic acids is 1. The third kappa shape index (κ3) is 3.38. The van der Waals surface area contributed by atoms with Crippen molar-refractivity contribution in [3.05, 3.63) is 63.9 Å². The van der Waals surface area contributed by atoms with Gasteiger partial charge in [0.25, 0.3) is 5.91 Å². The molecule has 0 aliphatic rings. The second-order valence-electron chi connectivity index (χ2n) is 4.42. The molecular weight excluding hydrogens is 297 g/mol. The fourth-order valence-corrected chi connectivity index (χ4v) is 1.97. The summed E-state index contributed by atoms with van der Waals surface area (Å²) in [5.74, 6) is -2.13. The van der Waals surface area contributed by atoms with E-state index in [4.69, 9.17) is 16.7 Å². The lowest BCUT2D eigenvalue weighted by Crippen LogP contribution is -2.12. The molecule has 6 heteroatoms. The van der Waals surface area contributed by atoms with Gasteiger partial charge in [0.2, 0.25) is 0 Å². The number of aromatic carboxylic acids is 1. The Morgan fingerprint density at radius 3 is 2.48 bits per heavy atom. The van der Waals surface area contributed by atoms with Crippen molar-refractivity contribution >= 4 is 29.2 Å². The third-order valence-corrected chi connectivity index (χ3v) is 3.20. The van der Waals surface area contributed by atoms with Crippen LogP contribution < -0.4 is 5.32 Å². The van der Waals surface area contributed by atoms with Crippen molar-refractivity contribution in [2.45, 2.75) is 6.92 Å². The van der Waals surface area contributed by atoms with Crippen LogP contribution >= 0.6 is 11.6 Å². The normalized spacial score (nSPS) is 10.2. The molecule has 108 valence electrons. The first kappa shape index (κ1) is 15.0. The predicted octanol–water partition coefficient (Wildman–Crippen LogP) is 3.74. The van der Waals surface area contributed by atoms with E-state index < -0.39 is 17.7 Å². The first-order valence-corrected chi connectivity index (χ1v) is 6.36. The smallest absolute Gasteiger partial charge is 0.337 e. The standard InChI is InChI=1S/C15H11ClFNO3/c1-8-2-3-9(6-13(8)17)14(19)18-10-4-5-11(15(20)21)12(16)7-10/h2-7H,1H3,(H,18,19)(H,20,21). The molecule has 2 rings (SSSR count). The molecule has 21 heavy (non-hydrogen) atoms. The van der Waals surface area contributed by atoms with Crippen LogP contribution in [-0.4, -0.2) is 17.0 Å². The summed E-state index contributed by atoms with van der Waals surface area (Å²) in [6.45, 7) is 1.60. The van der Waals surface area contributed by atoms with Crippen molar-refractivity contribution < 1.29 is 19.1 Å². The Hall–Kier alpha value is -2.40. The number of aryl methyl sites for hydroxylation is 1. The number of carbonyl (C=O) groups excluding carboxylic acids is 1. The number of anilines is 1. The number of rotatable bonds is 3. The van der Waals surface area contributed by atoms with Gasteiger partial charge < -0.3 is 10.4 Å². The van der Waals surface area contributed by atoms with E-state index >= 15 is 0 Å². The molecule has 2 aromatic rings. The van der Waals surface area contributed by atoms with E-state index in [-0.39, 0.29) is 16.1 Å². The maximum absolute atomic E-state index is 13.4. The summed E-state index contributed by atoms with van der Waals surface area (Å²) >= 11 is 5.81. The van der Waals surface area contributed by atoms with Gasteiger partial charge in [0.15, 0.2) is 0 Å². The monoisotopic (exact) mass is 307 g/mol. The highest BCUT2D eigenvalue weighted by molar-refractivity contribution is 6.33. The summed E-state index contributed by atoms with van der Waals surface area (Å²) in [7, 11) is 0. The molecule has 0 aliphatic carbocycles. The molecule has 0 radical (unpaired) electrons. The van der Waals surface area contributed by atoms with Gasteiger partial charge in [0.1, 0.15) is 5.82 Å². The molecule has 2 N–H and O–H groups in total. The van der Waals surface area contributed by atoms with Gasteiger partial charge in [0.05, 0.1) is 10.6 Å². The van der Waals surface area contributed by atoms with Crippen molar-refractivity contribution in [3.8, 4) is 0 Å². The summed E-state index contributed by atoms with van der Waals surface area (Å²) in [6, 6.07) is 8.17. The Balaban J connectivity index is 2.21. The molecule has 0 spiro atoms. The summed E-state index contributed by atoms with van der Waals surface area (Å²) in [4.78, 5) is 22.8. The zero-order valence-electron chi connectivity index (χ0n) is 11.0. The van der Waals surface area contributed by atoms with Crippen molar-refractivity contribution in [1.82, 2.24) is 0 Å². The minimum absolute atomic E-state index is 0.00962. The Morgan fingerprint density at radius 2 is 1.90 bits per heavy atom. The van der Waals surface area contributed by atoms with Crippen molar-refractivity contribution in [2.24, 2.45) is 0 Å². The lowest BCUT2D eigenvalue weighted by Gasteiger charge is -2.07. The van der Waals surface area contributed by atoms with Gasteiger partial charge in [-0.2, -0.15) is 0 Å². The molecule has 1 amide bonds.